The third-order valence-electron chi connectivity index (χ3n) is 1.86. The van der Waals surface area contributed by atoms with Crippen LogP contribution in [0.4, 0.5) is 0 Å². The summed E-state index contributed by atoms with van der Waals surface area (Å²) in [7, 11) is 0. The minimum absolute atomic E-state index is 0.0151. The zero-order valence-electron chi connectivity index (χ0n) is 7.64. The molecular weight excluding hydrogens is 200 g/mol. The second kappa shape index (κ2) is 4.93. The van der Waals surface area contributed by atoms with E-state index >= 15 is 0 Å². The molecular formula is C10H12O3S. The number of aliphatic hydroxyl groups is 1. The highest BCUT2D eigenvalue weighted by Crippen LogP contribution is 2.26. The molecule has 1 atom stereocenters. The number of rotatable bonds is 5. The normalized spacial score (nSPS) is 12.4. The molecule has 0 radical (unpaired) electrons. The smallest absolute Gasteiger partial charge is 0.303 e. The molecule has 0 amide bonds. The molecule has 0 saturated heterocycles. The van der Waals surface area contributed by atoms with E-state index in [4.69, 9.17) is 5.11 Å². The molecule has 3 nitrogen and oxygen atoms in total. The first kappa shape index (κ1) is 10.9. The second-order valence-corrected chi connectivity index (χ2v) is 3.95. The summed E-state index contributed by atoms with van der Waals surface area (Å²) in [4.78, 5) is 11.1. The highest BCUT2D eigenvalue weighted by Gasteiger charge is 2.13. The molecule has 4 heteroatoms. The highest BCUT2D eigenvalue weighted by molar-refractivity contribution is 7.10. The second-order valence-electron chi connectivity index (χ2n) is 2.97. The van der Waals surface area contributed by atoms with Crippen LogP contribution in [0.2, 0.25) is 0 Å². The first-order chi connectivity index (χ1) is 6.61. The molecule has 2 N–H and O–H groups in total. The highest BCUT2D eigenvalue weighted by atomic mass is 32.1. The Hall–Kier alpha value is -1.13. The van der Waals surface area contributed by atoms with Gasteiger partial charge in [-0.2, -0.15) is 0 Å². The van der Waals surface area contributed by atoms with Crippen molar-refractivity contribution in [3.8, 4) is 0 Å². The van der Waals surface area contributed by atoms with Gasteiger partial charge < -0.3 is 10.2 Å². The maximum absolute atomic E-state index is 10.3. The van der Waals surface area contributed by atoms with E-state index in [0.717, 1.165) is 4.88 Å². The number of thiophene rings is 1. The molecule has 0 fully saturated rings. The SMILES string of the molecule is C=C(CCC(=O)O)C(O)c1cccs1. The van der Waals surface area contributed by atoms with E-state index in [1.54, 1.807) is 6.07 Å². The van der Waals surface area contributed by atoms with Gasteiger partial charge in [0.15, 0.2) is 0 Å². The Kier molecular flexibility index (Phi) is 3.85. The molecule has 0 aromatic carbocycles. The van der Waals surface area contributed by atoms with Crippen LogP contribution in [0.15, 0.2) is 29.7 Å². The van der Waals surface area contributed by atoms with Crippen LogP contribution >= 0.6 is 11.3 Å². The lowest BCUT2D eigenvalue weighted by atomic mass is 10.1. The molecule has 0 aliphatic rings. The Bertz CT molecular complexity index is 316. The van der Waals surface area contributed by atoms with Gasteiger partial charge in [-0.15, -0.1) is 11.3 Å². The summed E-state index contributed by atoms with van der Waals surface area (Å²) >= 11 is 1.44. The zero-order chi connectivity index (χ0) is 10.6. The molecule has 1 aromatic heterocycles. The molecule has 1 unspecified atom stereocenters. The van der Waals surface area contributed by atoms with Crippen molar-refractivity contribution in [2.45, 2.75) is 18.9 Å². The van der Waals surface area contributed by atoms with Crippen molar-refractivity contribution in [2.24, 2.45) is 0 Å². The van der Waals surface area contributed by atoms with Crippen LogP contribution in [0.25, 0.3) is 0 Å². The average Bonchev–Trinajstić information content (AvgIpc) is 2.65. The third-order valence-corrected chi connectivity index (χ3v) is 2.78. The summed E-state index contributed by atoms with van der Waals surface area (Å²) in [5.74, 6) is -0.871. The van der Waals surface area contributed by atoms with Crippen molar-refractivity contribution < 1.29 is 15.0 Å². The summed E-state index contributed by atoms with van der Waals surface area (Å²) in [6.45, 7) is 3.68. The fourth-order valence-electron chi connectivity index (χ4n) is 1.05. The van der Waals surface area contributed by atoms with Gasteiger partial charge >= 0.3 is 5.97 Å². The fourth-order valence-corrected chi connectivity index (χ4v) is 1.82. The molecule has 0 saturated carbocycles. The summed E-state index contributed by atoms with van der Waals surface area (Å²) in [5.41, 5.74) is 0.551. The van der Waals surface area contributed by atoms with Crippen molar-refractivity contribution in [1.82, 2.24) is 0 Å². The van der Waals surface area contributed by atoms with E-state index in [9.17, 15) is 9.90 Å². The van der Waals surface area contributed by atoms with Gasteiger partial charge in [0.05, 0.1) is 0 Å². The standard InChI is InChI=1S/C10H12O3S/c1-7(4-5-9(11)12)10(13)8-3-2-6-14-8/h2-3,6,10,13H,1,4-5H2,(H,11,12). The summed E-state index contributed by atoms with van der Waals surface area (Å²) < 4.78 is 0. The molecule has 76 valence electrons. The quantitative estimate of drug-likeness (QED) is 0.736. The molecule has 0 bridgehead atoms. The Labute approximate surface area is 86.3 Å². The van der Waals surface area contributed by atoms with Crippen molar-refractivity contribution in [3.05, 3.63) is 34.5 Å². The number of aliphatic carboxylic acids is 1. The zero-order valence-corrected chi connectivity index (χ0v) is 8.46. The van der Waals surface area contributed by atoms with Crippen molar-refractivity contribution in [1.29, 1.82) is 0 Å². The fraction of sp³-hybridized carbons (Fsp3) is 0.300. The van der Waals surface area contributed by atoms with Gasteiger partial charge in [0.2, 0.25) is 0 Å². The van der Waals surface area contributed by atoms with Crippen LogP contribution in [-0.2, 0) is 4.79 Å². The number of carbonyl (C=O) groups is 1. The van der Waals surface area contributed by atoms with Crippen LogP contribution in [0.5, 0.6) is 0 Å². The number of carboxylic acid groups (broad SMARTS) is 1. The van der Waals surface area contributed by atoms with Gasteiger partial charge in [-0.05, 0) is 23.4 Å². The number of aliphatic hydroxyl groups excluding tert-OH is 1. The molecule has 1 rings (SSSR count). The van der Waals surface area contributed by atoms with E-state index in [-0.39, 0.29) is 6.42 Å². The lowest BCUT2D eigenvalue weighted by molar-refractivity contribution is -0.137. The summed E-state index contributed by atoms with van der Waals surface area (Å²) in [6.07, 6.45) is -0.398. The molecule has 1 aromatic rings. The maximum atomic E-state index is 10.3. The van der Waals surface area contributed by atoms with E-state index < -0.39 is 12.1 Å². The lowest BCUT2D eigenvalue weighted by Crippen LogP contribution is -2.02. The first-order valence-corrected chi connectivity index (χ1v) is 5.10. The van der Waals surface area contributed by atoms with Crippen molar-refractivity contribution in [2.75, 3.05) is 0 Å². The monoisotopic (exact) mass is 212 g/mol. The van der Waals surface area contributed by atoms with Crippen molar-refractivity contribution >= 4 is 17.3 Å². The van der Waals surface area contributed by atoms with Crippen LogP contribution in [0.1, 0.15) is 23.8 Å². The van der Waals surface area contributed by atoms with E-state index in [0.29, 0.717) is 12.0 Å². The largest absolute Gasteiger partial charge is 0.481 e. The predicted molar refractivity (Wildman–Crippen MR) is 55.3 cm³/mol. The van der Waals surface area contributed by atoms with Gasteiger partial charge in [0.1, 0.15) is 6.10 Å². The average molecular weight is 212 g/mol. The van der Waals surface area contributed by atoms with Crippen LogP contribution < -0.4 is 0 Å². The van der Waals surface area contributed by atoms with Crippen LogP contribution in [0.3, 0.4) is 0 Å². The molecule has 14 heavy (non-hydrogen) atoms. The molecule has 1 heterocycles. The lowest BCUT2D eigenvalue weighted by Gasteiger charge is -2.10. The Morgan fingerprint density at radius 1 is 1.57 bits per heavy atom. The predicted octanol–water partition coefficient (Wildman–Crippen LogP) is 2.20. The summed E-state index contributed by atoms with van der Waals surface area (Å²) in [6, 6.07) is 3.65. The Morgan fingerprint density at radius 2 is 2.29 bits per heavy atom. The molecule has 0 spiro atoms. The first-order valence-electron chi connectivity index (χ1n) is 4.22. The Balaban J connectivity index is 2.49. The van der Waals surface area contributed by atoms with Gasteiger partial charge in [-0.3, -0.25) is 4.79 Å². The maximum Gasteiger partial charge on any atom is 0.303 e. The number of carboxylic acids is 1. The number of hydrogen-bond acceptors (Lipinski definition) is 3. The van der Waals surface area contributed by atoms with Gasteiger partial charge in [-0.1, -0.05) is 12.6 Å². The Morgan fingerprint density at radius 3 is 2.79 bits per heavy atom. The topological polar surface area (TPSA) is 57.5 Å². The molecule has 0 aliphatic carbocycles. The minimum Gasteiger partial charge on any atom is -0.481 e. The number of hydrogen-bond donors (Lipinski definition) is 2. The van der Waals surface area contributed by atoms with Crippen LogP contribution in [-0.4, -0.2) is 16.2 Å². The van der Waals surface area contributed by atoms with Crippen molar-refractivity contribution in [3.63, 3.8) is 0 Å². The van der Waals surface area contributed by atoms with E-state index in [1.807, 2.05) is 11.4 Å². The minimum atomic E-state index is -0.871. The summed E-state index contributed by atoms with van der Waals surface area (Å²) in [5, 5.41) is 20.0. The van der Waals surface area contributed by atoms with E-state index in [1.165, 1.54) is 11.3 Å². The van der Waals surface area contributed by atoms with Crippen LogP contribution in [0, 0.1) is 0 Å². The molecule has 0 aliphatic heterocycles. The van der Waals surface area contributed by atoms with Gasteiger partial charge in [0, 0.05) is 11.3 Å². The van der Waals surface area contributed by atoms with Gasteiger partial charge in [-0.25, -0.2) is 0 Å². The van der Waals surface area contributed by atoms with Gasteiger partial charge in [0.25, 0.3) is 0 Å². The van der Waals surface area contributed by atoms with E-state index in [2.05, 4.69) is 6.58 Å². The third kappa shape index (κ3) is 2.97.